The number of phenols is 1. The molecule has 5 heteroatoms. The number of hydrogen-bond donors (Lipinski definition) is 2. The van der Waals surface area contributed by atoms with Gasteiger partial charge in [-0.2, -0.15) is 0 Å². The molecule has 0 aliphatic carbocycles. The van der Waals surface area contributed by atoms with E-state index in [-0.39, 0.29) is 18.3 Å². The van der Waals surface area contributed by atoms with Gasteiger partial charge >= 0.3 is 5.97 Å². The standard InChI is InChI=1S/C14H18O5/c1-14(8-10-2-4-11(15)5-3-10)18-9-12(19-14)6-7-13(16)17/h2-5,12,15H,6-9H2,1H3,(H,16,17). The lowest BCUT2D eigenvalue weighted by Crippen LogP contribution is -2.29. The van der Waals surface area contributed by atoms with Crippen molar-refractivity contribution < 1.29 is 24.5 Å². The topological polar surface area (TPSA) is 76.0 Å². The number of phenolic OH excluding ortho intramolecular Hbond substituents is 1. The minimum atomic E-state index is -0.823. The Labute approximate surface area is 111 Å². The Balaban J connectivity index is 1.90. The zero-order valence-electron chi connectivity index (χ0n) is 10.8. The lowest BCUT2D eigenvalue weighted by molar-refractivity contribution is -0.155. The maximum absolute atomic E-state index is 10.5. The second kappa shape index (κ2) is 5.59. The van der Waals surface area contributed by atoms with Crippen LogP contribution in [0.4, 0.5) is 0 Å². The fourth-order valence-corrected chi connectivity index (χ4v) is 2.19. The molecule has 2 atom stereocenters. The van der Waals surface area contributed by atoms with Crippen molar-refractivity contribution in [1.29, 1.82) is 0 Å². The summed E-state index contributed by atoms with van der Waals surface area (Å²) >= 11 is 0. The lowest BCUT2D eigenvalue weighted by Gasteiger charge is -2.23. The Morgan fingerprint density at radius 1 is 1.42 bits per heavy atom. The first kappa shape index (κ1) is 13.8. The molecule has 0 saturated carbocycles. The first-order valence-corrected chi connectivity index (χ1v) is 6.28. The molecule has 1 aromatic rings. The monoisotopic (exact) mass is 266 g/mol. The van der Waals surface area contributed by atoms with Crippen LogP contribution in [0.1, 0.15) is 25.3 Å². The molecule has 2 unspecified atom stereocenters. The van der Waals surface area contributed by atoms with Crippen LogP contribution in [-0.4, -0.2) is 34.7 Å². The van der Waals surface area contributed by atoms with Crippen LogP contribution in [0.15, 0.2) is 24.3 Å². The number of carboxylic acid groups (broad SMARTS) is 1. The molecular formula is C14H18O5. The van der Waals surface area contributed by atoms with E-state index in [9.17, 15) is 9.90 Å². The van der Waals surface area contributed by atoms with Gasteiger partial charge in [0, 0.05) is 12.8 Å². The van der Waals surface area contributed by atoms with Crippen LogP contribution >= 0.6 is 0 Å². The second-order valence-corrected chi connectivity index (χ2v) is 4.96. The Kier molecular flexibility index (Phi) is 4.07. The number of hydrogen-bond acceptors (Lipinski definition) is 4. The van der Waals surface area contributed by atoms with E-state index in [1.165, 1.54) is 0 Å². The summed E-state index contributed by atoms with van der Waals surface area (Å²) in [6, 6.07) is 6.88. The van der Waals surface area contributed by atoms with Gasteiger partial charge < -0.3 is 19.7 Å². The Hall–Kier alpha value is -1.59. The normalized spacial score (nSPS) is 26.5. The fourth-order valence-electron chi connectivity index (χ4n) is 2.19. The Bertz CT molecular complexity index is 442. The summed E-state index contributed by atoms with van der Waals surface area (Å²) in [5.74, 6) is -1.32. The molecule has 2 rings (SSSR count). The van der Waals surface area contributed by atoms with Gasteiger partial charge in [-0.25, -0.2) is 0 Å². The lowest BCUT2D eigenvalue weighted by atomic mass is 10.1. The number of carboxylic acids is 1. The summed E-state index contributed by atoms with van der Waals surface area (Å²) in [6.45, 7) is 2.27. The van der Waals surface area contributed by atoms with Crippen molar-refractivity contribution in [2.24, 2.45) is 0 Å². The number of ether oxygens (including phenoxy) is 2. The first-order chi connectivity index (χ1) is 8.97. The van der Waals surface area contributed by atoms with Crippen molar-refractivity contribution in [3.8, 4) is 5.75 Å². The van der Waals surface area contributed by atoms with E-state index < -0.39 is 11.8 Å². The number of rotatable bonds is 5. The molecule has 1 aliphatic rings. The average molecular weight is 266 g/mol. The van der Waals surface area contributed by atoms with Crippen molar-refractivity contribution in [2.45, 2.75) is 38.1 Å². The molecule has 1 heterocycles. The van der Waals surface area contributed by atoms with Gasteiger partial charge in [0.15, 0.2) is 5.79 Å². The van der Waals surface area contributed by atoms with Gasteiger partial charge in [-0.15, -0.1) is 0 Å². The first-order valence-electron chi connectivity index (χ1n) is 6.28. The van der Waals surface area contributed by atoms with Crippen LogP contribution in [0.25, 0.3) is 0 Å². The molecule has 1 aromatic carbocycles. The van der Waals surface area contributed by atoms with E-state index in [2.05, 4.69) is 0 Å². The summed E-state index contributed by atoms with van der Waals surface area (Å²) in [7, 11) is 0. The van der Waals surface area contributed by atoms with Crippen LogP contribution in [0, 0.1) is 0 Å². The molecule has 1 saturated heterocycles. The van der Waals surface area contributed by atoms with Crippen molar-refractivity contribution in [2.75, 3.05) is 6.61 Å². The van der Waals surface area contributed by atoms with Gasteiger partial charge in [0.25, 0.3) is 0 Å². The number of benzene rings is 1. The second-order valence-electron chi connectivity index (χ2n) is 4.96. The molecule has 1 aliphatic heterocycles. The number of carbonyl (C=O) groups is 1. The molecule has 0 aromatic heterocycles. The molecule has 5 nitrogen and oxygen atoms in total. The quantitative estimate of drug-likeness (QED) is 0.851. The Morgan fingerprint density at radius 2 is 2.11 bits per heavy atom. The fraction of sp³-hybridized carbons (Fsp3) is 0.500. The molecule has 1 fully saturated rings. The van der Waals surface area contributed by atoms with Gasteiger partial charge in [0.1, 0.15) is 5.75 Å². The minimum Gasteiger partial charge on any atom is -0.508 e. The van der Waals surface area contributed by atoms with Crippen LogP contribution in [0.2, 0.25) is 0 Å². The highest BCUT2D eigenvalue weighted by Crippen LogP contribution is 2.29. The van der Waals surface area contributed by atoms with E-state index in [1.54, 1.807) is 12.1 Å². The zero-order chi connectivity index (χ0) is 13.9. The summed E-state index contributed by atoms with van der Waals surface area (Å²) < 4.78 is 11.4. The van der Waals surface area contributed by atoms with Crippen LogP contribution in [-0.2, 0) is 20.7 Å². The molecule has 0 bridgehead atoms. The molecule has 2 N–H and O–H groups in total. The summed E-state index contributed by atoms with van der Waals surface area (Å²) in [4.78, 5) is 10.5. The maximum atomic E-state index is 10.5. The third kappa shape index (κ3) is 3.94. The highest BCUT2D eigenvalue weighted by Gasteiger charge is 2.37. The van der Waals surface area contributed by atoms with E-state index in [0.717, 1.165) is 5.56 Å². The van der Waals surface area contributed by atoms with Crippen molar-refractivity contribution in [3.05, 3.63) is 29.8 Å². The van der Waals surface area contributed by atoms with Gasteiger partial charge in [0.05, 0.1) is 12.7 Å². The number of aromatic hydroxyl groups is 1. The molecule has 104 valence electrons. The van der Waals surface area contributed by atoms with Crippen LogP contribution in [0.3, 0.4) is 0 Å². The molecular weight excluding hydrogens is 248 g/mol. The molecule has 0 spiro atoms. The Morgan fingerprint density at radius 3 is 2.74 bits per heavy atom. The minimum absolute atomic E-state index is 0.0866. The maximum Gasteiger partial charge on any atom is 0.303 e. The predicted molar refractivity (Wildman–Crippen MR) is 67.9 cm³/mol. The highest BCUT2D eigenvalue weighted by atomic mass is 16.7. The largest absolute Gasteiger partial charge is 0.508 e. The van der Waals surface area contributed by atoms with Crippen molar-refractivity contribution in [3.63, 3.8) is 0 Å². The van der Waals surface area contributed by atoms with E-state index >= 15 is 0 Å². The van der Waals surface area contributed by atoms with Crippen LogP contribution < -0.4 is 0 Å². The van der Waals surface area contributed by atoms with Crippen LogP contribution in [0.5, 0.6) is 5.75 Å². The van der Waals surface area contributed by atoms with Crippen molar-refractivity contribution in [1.82, 2.24) is 0 Å². The molecule has 0 radical (unpaired) electrons. The summed E-state index contributed by atoms with van der Waals surface area (Å²) in [6.07, 6.45) is 0.943. The number of aliphatic carboxylic acids is 1. The molecule has 0 amide bonds. The SMILES string of the molecule is CC1(Cc2ccc(O)cc2)OCC(CCC(=O)O)O1. The molecule has 19 heavy (non-hydrogen) atoms. The third-order valence-corrected chi connectivity index (χ3v) is 3.13. The summed E-state index contributed by atoms with van der Waals surface area (Å²) in [5.41, 5.74) is 0.999. The van der Waals surface area contributed by atoms with Gasteiger partial charge in [0.2, 0.25) is 0 Å². The summed E-state index contributed by atoms with van der Waals surface area (Å²) in [5, 5.41) is 17.9. The van der Waals surface area contributed by atoms with E-state index in [0.29, 0.717) is 19.4 Å². The van der Waals surface area contributed by atoms with Gasteiger partial charge in [-0.1, -0.05) is 12.1 Å². The van der Waals surface area contributed by atoms with E-state index in [4.69, 9.17) is 14.6 Å². The third-order valence-electron chi connectivity index (χ3n) is 3.13. The van der Waals surface area contributed by atoms with Crippen molar-refractivity contribution >= 4 is 5.97 Å². The predicted octanol–water partition coefficient (Wildman–Crippen LogP) is 1.93. The van der Waals surface area contributed by atoms with E-state index in [1.807, 2.05) is 19.1 Å². The average Bonchev–Trinajstić information content (AvgIpc) is 2.72. The van der Waals surface area contributed by atoms with Gasteiger partial charge in [-0.05, 0) is 31.0 Å². The highest BCUT2D eigenvalue weighted by molar-refractivity contribution is 5.66. The smallest absolute Gasteiger partial charge is 0.303 e. The van der Waals surface area contributed by atoms with Gasteiger partial charge in [-0.3, -0.25) is 4.79 Å². The zero-order valence-corrected chi connectivity index (χ0v) is 10.8.